The second kappa shape index (κ2) is 10.4. The summed E-state index contributed by atoms with van der Waals surface area (Å²) in [6.45, 7) is 3.85. The first-order valence-corrected chi connectivity index (χ1v) is 13.5. The quantitative estimate of drug-likeness (QED) is 0.248. The zero-order valence-electron chi connectivity index (χ0n) is 22.8. The second-order valence-electron chi connectivity index (χ2n) is 10.3. The average Bonchev–Trinajstić information content (AvgIpc) is 3.48. The van der Waals surface area contributed by atoms with Crippen LogP contribution in [-0.2, 0) is 4.79 Å². The van der Waals surface area contributed by atoms with Gasteiger partial charge in [-0.25, -0.2) is 0 Å². The van der Waals surface area contributed by atoms with Crippen molar-refractivity contribution in [3.8, 4) is 11.4 Å². The number of benzene rings is 4. The van der Waals surface area contributed by atoms with Gasteiger partial charge < -0.3 is 14.2 Å². The summed E-state index contributed by atoms with van der Waals surface area (Å²) in [4.78, 5) is 31.9. The minimum absolute atomic E-state index is 0.0541. The molecule has 0 saturated heterocycles. The molecule has 40 heavy (non-hydrogen) atoms. The third-order valence-electron chi connectivity index (χ3n) is 7.63. The molecule has 0 spiro atoms. The van der Waals surface area contributed by atoms with Crippen LogP contribution in [0.3, 0.4) is 0 Å². The number of anilines is 1. The number of hydrogen-bond donors (Lipinski definition) is 0. The van der Waals surface area contributed by atoms with Crippen molar-refractivity contribution >= 4 is 28.3 Å². The molecule has 1 aliphatic rings. The maximum atomic E-state index is 14.4. The number of carbonyl (C=O) groups excluding carboxylic acids is 2. The smallest absolute Gasteiger partial charge is 0.255 e. The Kier molecular flexibility index (Phi) is 6.60. The van der Waals surface area contributed by atoms with Crippen molar-refractivity contribution in [3.63, 3.8) is 0 Å². The Morgan fingerprint density at radius 1 is 0.825 bits per heavy atom. The predicted molar refractivity (Wildman–Crippen MR) is 158 cm³/mol. The number of ether oxygens (including phenoxy) is 1. The van der Waals surface area contributed by atoms with Gasteiger partial charge in [0.25, 0.3) is 5.91 Å². The molecule has 6 heteroatoms. The van der Waals surface area contributed by atoms with Crippen LogP contribution in [0.5, 0.6) is 5.75 Å². The third-order valence-corrected chi connectivity index (χ3v) is 7.63. The number of amides is 2. The van der Waals surface area contributed by atoms with E-state index in [4.69, 9.17) is 4.74 Å². The molecule has 0 aliphatic carbocycles. The normalized spacial score (nSPS) is 14.1. The van der Waals surface area contributed by atoms with Crippen molar-refractivity contribution in [2.75, 3.05) is 18.6 Å². The molecule has 6 rings (SSSR count). The number of rotatable bonds is 6. The number of methoxy groups -OCH3 is 1. The molecule has 2 heterocycles. The van der Waals surface area contributed by atoms with E-state index in [9.17, 15) is 9.59 Å². The SMILES string of the molecule is COc1ccc(C2c3cccn3-c3ccccc3N2C(=O)CN(C(=O)c2cccc3ccccc23)C(C)C)cc1. The van der Waals surface area contributed by atoms with Crippen molar-refractivity contribution in [2.24, 2.45) is 0 Å². The van der Waals surface area contributed by atoms with E-state index in [1.165, 1.54) is 0 Å². The Morgan fingerprint density at radius 3 is 2.27 bits per heavy atom. The first-order chi connectivity index (χ1) is 19.5. The summed E-state index contributed by atoms with van der Waals surface area (Å²) in [7, 11) is 1.64. The molecular formula is C34H31N3O3. The largest absolute Gasteiger partial charge is 0.497 e. The predicted octanol–water partition coefficient (Wildman–Crippen LogP) is 6.63. The van der Waals surface area contributed by atoms with E-state index in [1.54, 1.807) is 12.0 Å². The van der Waals surface area contributed by atoms with Gasteiger partial charge in [-0.3, -0.25) is 14.5 Å². The van der Waals surface area contributed by atoms with Gasteiger partial charge in [-0.2, -0.15) is 0 Å². The lowest BCUT2D eigenvalue weighted by molar-refractivity contribution is -0.120. The van der Waals surface area contributed by atoms with Gasteiger partial charge in [0.15, 0.2) is 0 Å². The number of hydrogen-bond acceptors (Lipinski definition) is 3. The highest BCUT2D eigenvalue weighted by Crippen LogP contribution is 2.42. The van der Waals surface area contributed by atoms with E-state index in [0.29, 0.717) is 5.56 Å². The molecule has 200 valence electrons. The highest BCUT2D eigenvalue weighted by Gasteiger charge is 2.37. The van der Waals surface area contributed by atoms with Crippen LogP contribution in [0.25, 0.3) is 16.5 Å². The van der Waals surface area contributed by atoms with Crippen LogP contribution < -0.4 is 9.64 Å². The van der Waals surface area contributed by atoms with E-state index in [1.807, 2.05) is 128 Å². The maximum Gasteiger partial charge on any atom is 0.255 e. The highest BCUT2D eigenvalue weighted by molar-refractivity contribution is 6.09. The van der Waals surface area contributed by atoms with Crippen LogP contribution in [0.1, 0.15) is 41.5 Å². The van der Waals surface area contributed by atoms with Gasteiger partial charge >= 0.3 is 0 Å². The molecule has 0 fully saturated rings. The van der Waals surface area contributed by atoms with E-state index in [2.05, 4.69) is 4.57 Å². The fourth-order valence-electron chi connectivity index (χ4n) is 5.64. The molecule has 1 unspecified atom stereocenters. The number of aromatic nitrogens is 1. The molecule has 0 N–H and O–H groups in total. The second-order valence-corrected chi connectivity index (χ2v) is 10.3. The molecule has 1 aromatic heterocycles. The monoisotopic (exact) mass is 529 g/mol. The summed E-state index contributed by atoms with van der Waals surface area (Å²) in [5, 5.41) is 1.87. The number of fused-ring (bicyclic) bond motifs is 4. The molecule has 4 aromatic carbocycles. The Labute approximate surface area is 234 Å². The lowest BCUT2D eigenvalue weighted by Gasteiger charge is -2.40. The summed E-state index contributed by atoms with van der Waals surface area (Å²) in [5.74, 6) is 0.442. The van der Waals surface area contributed by atoms with Crippen molar-refractivity contribution in [1.82, 2.24) is 9.47 Å². The van der Waals surface area contributed by atoms with Gasteiger partial charge in [-0.15, -0.1) is 0 Å². The molecule has 1 aliphatic heterocycles. The van der Waals surface area contributed by atoms with Crippen LogP contribution in [0, 0.1) is 0 Å². The van der Waals surface area contributed by atoms with Crippen molar-refractivity contribution < 1.29 is 14.3 Å². The van der Waals surface area contributed by atoms with Gasteiger partial charge in [-0.05, 0) is 72.6 Å². The van der Waals surface area contributed by atoms with Gasteiger partial charge in [0.05, 0.1) is 24.2 Å². The van der Waals surface area contributed by atoms with Crippen LogP contribution in [0.4, 0.5) is 5.69 Å². The average molecular weight is 530 g/mol. The van der Waals surface area contributed by atoms with Crippen LogP contribution in [0.15, 0.2) is 109 Å². The summed E-state index contributed by atoms with van der Waals surface area (Å²) in [6, 6.07) is 32.8. The van der Waals surface area contributed by atoms with E-state index in [0.717, 1.165) is 39.2 Å². The number of para-hydroxylation sites is 2. The topological polar surface area (TPSA) is 54.8 Å². The highest BCUT2D eigenvalue weighted by atomic mass is 16.5. The van der Waals surface area contributed by atoms with E-state index >= 15 is 0 Å². The number of carbonyl (C=O) groups is 2. The molecule has 6 nitrogen and oxygen atoms in total. The van der Waals surface area contributed by atoms with Crippen molar-refractivity contribution in [1.29, 1.82) is 0 Å². The van der Waals surface area contributed by atoms with Crippen LogP contribution in [0.2, 0.25) is 0 Å². The molecule has 1 atom stereocenters. The fraction of sp³-hybridized carbons (Fsp3) is 0.176. The Bertz CT molecular complexity index is 1700. The van der Waals surface area contributed by atoms with Gasteiger partial charge in [0.2, 0.25) is 5.91 Å². The number of nitrogens with zero attached hydrogens (tertiary/aromatic N) is 3. The summed E-state index contributed by atoms with van der Waals surface area (Å²) < 4.78 is 7.52. The molecule has 0 bridgehead atoms. The van der Waals surface area contributed by atoms with Crippen molar-refractivity contribution in [2.45, 2.75) is 25.9 Å². The van der Waals surface area contributed by atoms with Gasteiger partial charge in [0, 0.05) is 17.8 Å². The lowest BCUT2D eigenvalue weighted by atomic mass is 9.97. The Balaban J connectivity index is 1.42. The molecule has 0 saturated carbocycles. The van der Waals surface area contributed by atoms with Gasteiger partial charge in [0.1, 0.15) is 18.3 Å². The molecule has 5 aromatic rings. The third kappa shape index (κ3) is 4.31. The molecule has 2 amide bonds. The standard InChI is InChI=1S/C34H31N3O3/c1-23(2)36(34(39)28-13-8-11-24-10-4-5-12-27(24)28)22-32(38)37-30-15-7-6-14-29(30)35-21-9-16-31(35)33(37)25-17-19-26(40-3)20-18-25/h4-21,23,33H,22H2,1-3H3. The van der Waals surface area contributed by atoms with Crippen LogP contribution in [-0.4, -0.2) is 41.0 Å². The summed E-state index contributed by atoms with van der Waals surface area (Å²) in [6.07, 6.45) is 2.02. The Hall–Kier alpha value is -4.84. The van der Waals surface area contributed by atoms with E-state index in [-0.39, 0.29) is 30.4 Å². The molecule has 0 radical (unpaired) electrons. The minimum Gasteiger partial charge on any atom is -0.497 e. The van der Waals surface area contributed by atoms with Crippen LogP contribution >= 0.6 is 0 Å². The zero-order chi connectivity index (χ0) is 27.8. The summed E-state index contributed by atoms with van der Waals surface area (Å²) in [5.41, 5.74) is 4.27. The lowest BCUT2D eigenvalue weighted by Crippen LogP contribution is -2.48. The first kappa shape index (κ1) is 25.4. The Morgan fingerprint density at radius 2 is 1.52 bits per heavy atom. The zero-order valence-corrected chi connectivity index (χ0v) is 22.8. The minimum atomic E-state index is -0.370. The van der Waals surface area contributed by atoms with Crippen molar-refractivity contribution in [3.05, 3.63) is 126 Å². The molecular weight excluding hydrogens is 498 g/mol. The maximum absolute atomic E-state index is 14.4. The summed E-state index contributed by atoms with van der Waals surface area (Å²) >= 11 is 0. The van der Waals surface area contributed by atoms with E-state index < -0.39 is 0 Å². The fourth-order valence-corrected chi connectivity index (χ4v) is 5.64. The van der Waals surface area contributed by atoms with Gasteiger partial charge in [-0.1, -0.05) is 60.7 Å². The first-order valence-electron chi connectivity index (χ1n) is 13.5.